The molecule has 0 radical (unpaired) electrons. The number of aromatic nitrogens is 2. The van der Waals surface area contributed by atoms with Crippen molar-refractivity contribution in [3.8, 4) is 0 Å². The van der Waals surface area contributed by atoms with Gasteiger partial charge in [-0.1, -0.05) is 20.8 Å². The zero-order valence-corrected chi connectivity index (χ0v) is 13.0. The summed E-state index contributed by atoms with van der Waals surface area (Å²) in [6, 6.07) is 0. The van der Waals surface area contributed by atoms with Gasteiger partial charge in [-0.25, -0.2) is 9.97 Å². The number of nitrogens with one attached hydrogen (secondary N) is 2. The number of rotatable bonds is 6. The SMILES string of the molecule is CNc1cnc(C(C)C)nc1C(=O)NCC(C)SC. The quantitative estimate of drug-likeness (QED) is 0.836. The highest BCUT2D eigenvalue weighted by Crippen LogP contribution is 2.16. The first-order valence-electron chi connectivity index (χ1n) is 6.35. The molecule has 19 heavy (non-hydrogen) atoms. The van der Waals surface area contributed by atoms with Gasteiger partial charge in [0.1, 0.15) is 5.82 Å². The lowest BCUT2D eigenvalue weighted by Gasteiger charge is -2.13. The highest BCUT2D eigenvalue weighted by molar-refractivity contribution is 7.99. The van der Waals surface area contributed by atoms with E-state index in [1.807, 2.05) is 20.1 Å². The summed E-state index contributed by atoms with van der Waals surface area (Å²) in [7, 11) is 1.76. The van der Waals surface area contributed by atoms with Crippen LogP contribution in [0.5, 0.6) is 0 Å². The summed E-state index contributed by atoms with van der Waals surface area (Å²) in [4.78, 5) is 20.8. The highest BCUT2D eigenvalue weighted by atomic mass is 32.2. The average Bonchev–Trinajstić information content (AvgIpc) is 2.43. The Balaban J connectivity index is 2.90. The van der Waals surface area contributed by atoms with Gasteiger partial charge in [0.2, 0.25) is 0 Å². The second-order valence-electron chi connectivity index (χ2n) is 4.65. The summed E-state index contributed by atoms with van der Waals surface area (Å²) in [5.74, 6) is 0.721. The molecule has 0 fully saturated rings. The summed E-state index contributed by atoms with van der Waals surface area (Å²) >= 11 is 1.72. The molecule has 1 aromatic rings. The van der Waals surface area contributed by atoms with Crippen molar-refractivity contribution in [2.24, 2.45) is 0 Å². The van der Waals surface area contributed by atoms with E-state index in [9.17, 15) is 4.79 Å². The van der Waals surface area contributed by atoms with Gasteiger partial charge in [0.25, 0.3) is 5.91 Å². The average molecular weight is 282 g/mol. The van der Waals surface area contributed by atoms with Gasteiger partial charge in [0.05, 0.1) is 11.9 Å². The van der Waals surface area contributed by atoms with Crippen LogP contribution in [0.15, 0.2) is 6.20 Å². The van der Waals surface area contributed by atoms with E-state index < -0.39 is 0 Å². The first-order chi connectivity index (χ1) is 8.99. The van der Waals surface area contributed by atoms with Crippen molar-refractivity contribution in [1.29, 1.82) is 0 Å². The first kappa shape index (κ1) is 15.8. The summed E-state index contributed by atoms with van der Waals surface area (Å²) in [5.41, 5.74) is 1.06. The number of carbonyl (C=O) groups is 1. The van der Waals surface area contributed by atoms with Crippen LogP contribution in [0.2, 0.25) is 0 Å². The van der Waals surface area contributed by atoms with E-state index in [-0.39, 0.29) is 11.8 Å². The van der Waals surface area contributed by atoms with Crippen LogP contribution in [-0.2, 0) is 0 Å². The van der Waals surface area contributed by atoms with Crippen LogP contribution in [0.1, 0.15) is 43.0 Å². The van der Waals surface area contributed by atoms with E-state index in [4.69, 9.17) is 0 Å². The molecule has 1 amide bonds. The number of hydrogen-bond acceptors (Lipinski definition) is 5. The third-order valence-corrected chi connectivity index (χ3v) is 3.73. The second-order valence-corrected chi connectivity index (χ2v) is 5.93. The zero-order valence-electron chi connectivity index (χ0n) is 12.2. The second kappa shape index (κ2) is 7.33. The Kier molecular flexibility index (Phi) is 6.08. The van der Waals surface area contributed by atoms with Crippen molar-refractivity contribution >= 4 is 23.4 Å². The fraction of sp³-hybridized carbons (Fsp3) is 0.615. The maximum Gasteiger partial charge on any atom is 0.272 e. The van der Waals surface area contributed by atoms with E-state index >= 15 is 0 Å². The van der Waals surface area contributed by atoms with Crippen LogP contribution in [0.3, 0.4) is 0 Å². The number of anilines is 1. The molecule has 5 nitrogen and oxygen atoms in total. The van der Waals surface area contributed by atoms with E-state index in [2.05, 4.69) is 27.5 Å². The Hall–Kier alpha value is -1.30. The molecule has 0 aliphatic carbocycles. The van der Waals surface area contributed by atoms with Crippen molar-refractivity contribution in [3.05, 3.63) is 17.7 Å². The molecule has 0 aromatic carbocycles. The predicted molar refractivity (Wildman–Crippen MR) is 81.0 cm³/mol. The molecule has 2 N–H and O–H groups in total. The molecule has 0 saturated carbocycles. The normalized spacial score (nSPS) is 12.3. The van der Waals surface area contributed by atoms with Crippen LogP contribution in [0, 0.1) is 0 Å². The number of thioether (sulfide) groups is 1. The molecule has 1 atom stereocenters. The minimum Gasteiger partial charge on any atom is -0.385 e. The van der Waals surface area contributed by atoms with Crippen molar-refractivity contribution in [3.63, 3.8) is 0 Å². The lowest BCUT2D eigenvalue weighted by atomic mass is 10.2. The van der Waals surface area contributed by atoms with E-state index in [0.29, 0.717) is 29.0 Å². The molecule has 0 bridgehead atoms. The summed E-state index contributed by atoms with van der Waals surface area (Å²) in [6.45, 7) is 6.71. The Morgan fingerprint density at radius 2 is 2.11 bits per heavy atom. The topological polar surface area (TPSA) is 66.9 Å². The number of hydrogen-bond donors (Lipinski definition) is 2. The molecule has 0 spiro atoms. The van der Waals surface area contributed by atoms with Crippen LogP contribution >= 0.6 is 11.8 Å². The molecule has 6 heteroatoms. The van der Waals surface area contributed by atoms with Crippen molar-refractivity contribution in [2.45, 2.75) is 31.9 Å². The van der Waals surface area contributed by atoms with Gasteiger partial charge in [-0.3, -0.25) is 4.79 Å². The van der Waals surface area contributed by atoms with Gasteiger partial charge in [0, 0.05) is 24.8 Å². The van der Waals surface area contributed by atoms with Gasteiger partial charge >= 0.3 is 0 Å². The smallest absolute Gasteiger partial charge is 0.272 e. The summed E-state index contributed by atoms with van der Waals surface area (Å²) in [5, 5.41) is 6.24. The lowest BCUT2D eigenvalue weighted by Crippen LogP contribution is -2.31. The minimum atomic E-state index is -0.158. The van der Waals surface area contributed by atoms with Crippen LogP contribution < -0.4 is 10.6 Å². The molecule has 106 valence electrons. The van der Waals surface area contributed by atoms with Crippen LogP contribution in [0.25, 0.3) is 0 Å². The third kappa shape index (κ3) is 4.38. The van der Waals surface area contributed by atoms with E-state index in [0.717, 1.165) is 0 Å². The van der Waals surface area contributed by atoms with Gasteiger partial charge in [-0.05, 0) is 6.26 Å². The zero-order chi connectivity index (χ0) is 14.4. The minimum absolute atomic E-state index is 0.158. The molecule has 0 aliphatic rings. The Labute approximate surface area is 119 Å². The van der Waals surface area contributed by atoms with Gasteiger partial charge in [-0.15, -0.1) is 0 Å². The molecule has 1 heterocycles. The number of amides is 1. The van der Waals surface area contributed by atoms with Gasteiger partial charge < -0.3 is 10.6 Å². The number of carbonyl (C=O) groups excluding carboxylic acids is 1. The fourth-order valence-electron chi connectivity index (χ4n) is 1.43. The van der Waals surface area contributed by atoms with E-state index in [1.54, 1.807) is 25.0 Å². The maximum absolute atomic E-state index is 12.2. The van der Waals surface area contributed by atoms with Gasteiger partial charge in [-0.2, -0.15) is 11.8 Å². The van der Waals surface area contributed by atoms with Crippen LogP contribution in [-0.4, -0.2) is 41.0 Å². The Morgan fingerprint density at radius 1 is 1.42 bits per heavy atom. The van der Waals surface area contributed by atoms with Crippen molar-refractivity contribution in [1.82, 2.24) is 15.3 Å². The largest absolute Gasteiger partial charge is 0.385 e. The van der Waals surface area contributed by atoms with Crippen LogP contribution in [0.4, 0.5) is 5.69 Å². The molecule has 1 rings (SSSR count). The van der Waals surface area contributed by atoms with E-state index in [1.165, 1.54) is 0 Å². The third-order valence-electron chi connectivity index (χ3n) is 2.76. The molecule has 1 unspecified atom stereocenters. The molecular weight excluding hydrogens is 260 g/mol. The summed E-state index contributed by atoms with van der Waals surface area (Å²) in [6.07, 6.45) is 3.69. The molecule has 0 saturated heterocycles. The Morgan fingerprint density at radius 3 is 2.63 bits per heavy atom. The standard InChI is InChI=1S/C13H22N4OS/c1-8(2)12-15-7-10(14-4)11(17-12)13(18)16-6-9(3)19-5/h7-9,14H,6H2,1-5H3,(H,16,18). The molecule has 1 aromatic heterocycles. The summed E-state index contributed by atoms with van der Waals surface area (Å²) < 4.78 is 0. The lowest BCUT2D eigenvalue weighted by molar-refractivity contribution is 0.0949. The monoisotopic (exact) mass is 282 g/mol. The van der Waals surface area contributed by atoms with Crippen molar-refractivity contribution in [2.75, 3.05) is 25.2 Å². The fourth-order valence-corrected chi connectivity index (χ4v) is 1.68. The predicted octanol–water partition coefficient (Wildman–Crippen LogP) is 2.12. The van der Waals surface area contributed by atoms with Gasteiger partial charge in [0.15, 0.2) is 5.69 Å². The van der Waals surface area contributed by atoms with Crippen molar-refractivity contribution < 1.29 is 4.79 Å². The number of nitrogens with zero attached hydrogens (tertiary/aromatic N) is 2. The molecule has 0 aliphatic heterocycles. The maximum atomic E-state index is 12.2. The highest BCUT2D eigenvalue weighted by Gasteiger charge is 2.16. The first-order valence-corrected chi connectivity index (χ1v) is 7.64. The molecular formula is C13H22N4OS. The Bertz CT molecular complexity index is 437.